The van der Waals surface area contributed by atoms with E-state index in [0.717, 1.165) is 58.2 Å². The van der Waals surface area contributed by atoms with Crippen molar-refractivity contribution in [1.29, 1.82) is 0 Å². The van der Waals surface area contributed by atoms with Crippen LogP contribution in [-0.4, -0.2) is 65.8 Å². The quantitative estimate of drug-likeness (QED) is 0.535. The predicted octanol–water partition coefficient (Wildman–Crippen LogP) is 4.97. The highest BCUT2D eigenvalue weighted by Gasteiger charge is 2.32. The molecule has 2 aliphatic rings. The van der Waals surface area contributed by atoms with Crippen LogP contribution < -0.4 is 0 Å². The van der Waals surface area contributed by atoms with Gasteiger partial charge in [-0.1, -0.05) is 57.0 Å². The largest absolute Gasteiger partial charge is 0.341 e. The number of thiophene rings is 1. The van der Waals surface area contributed by atoms with Gasteiger partial charge in [-0.15, -0.1) is 11.3 Å². The van der Waals surface area contributed by atoms with Gasteiger partial charge in [0.15, 0.2) is 0 Å². The third-order valence-electron chi connectivity index (χ3n) is 7.43. The van der Waals surface area contributed by atoms with Crippen LogP contribution in [0.15, 0.2) is 41.8 Å². The van der Waals surface area contributed by atoms with E-state index in [1.807, 2.05) is 27.2 Å². The minimum Gasteiger partial charge on any atom is -0.341 e. The molecule has 1 saturated heterocycles. The van der Waals surface area contributed by atoms with Gasteiger partial charge in [0.05, 0.1) is 12.6 Å². The molecular formula is C28H39N3O2S. The fourth-order valence-electron chi connectivity index (χ4n) is 5.44. The van der Waals surface area contributed by atoms with Crippen molar-refractivity contribution in [3.63, 3.8) is 0 Å². The Kier molecular flexibility index (Phi) is 8.79. The lowest BCUT2D eigenvalue weighted by Gasteiger charge is -2.37. The number of unbranched alkanes of at least 4 members (excludes halogenated alkanes) is 1. The Bertz CT molecular complexity index is 944. The number of fused-ring (bicyclic) bond motifs is 1. The van der Waals surface area contributed by atoms with E-state index < -0.39 is 0 Å². The van der Waals surface area contributed by atoms with Gasteiger partial charge in [-0.25, -0.2) is 0 Å². The predicted molar refractivity (Wildman–Crippen MR) is 139 cm³/mol. The molecule has 2 aliphatic heterocycles. The van der Waals surface area contributed by atoms with Crippen LogP contribution in [0.2, 0.25) is 0 Å². The maximum atomic E-state index is 13.4. The van der Waals surface area contributed by atoms with Gasteiger partial charge in [-0.2, -0.15) is 0 Å². The molecule has 2 aromatic rings. The van der Waals surface area contributed by atoms with E-state index in [9.17, 15) is 9.59 Å². The Morgan fingerprint density at radius 2 is 1.76 bits per heavy atom. The van der Waals surface area contributed by atoms with Gasteiger partial charge in [-0.3, -0.25) is 14.5 Å². The summed E-state index contributed by atoms with van der Waals surface area (Å²) in [5.74, 6) is 0.601. The molecule has 0 unspecified atom stereocenters. The Morgan fingerprint density at radius 3 is 2.53 bits per heavy atom. The Balaban J connectivity index is 1.40. The second-order valence-corrected chi connectivity index (χ2v) is 10.6. The zero-order valence-electron chi connectivity index (χ0n) is 20.7. The maximum Gasteiger partial charge on any atom is 0.236 e. The third-order valence-corrected chi connectivity index (χ3v) is 8.42. The number of carbonyl (C=O) groups is 2. The van der Waals surface area contributed by atoms with E-state index >= 15 is 0 Å². The van der Waals surface area contributed by atoms with Crippen molar-refractivity contribution in [2.24, 2.45) is 5.92 Å². The molecule has 184 valence electrons. The fourth-order valence-corrected chi connectivity index (χ4v) is 6.34. The second-order valence-electron chi connectivity index (χ2n) is 9.64. The van der Waals surface area contributed by atoms with Crippen molar-refractivity contribution in [2.45, 2.75) is 58.4 Å². The summed E-state index contributed by atoms with van der Waals surface area (Å²) >= 11 is 1.83. The van der Waals surface area contributed by atoms with Crippen LogP contribution in [0.5, 0.6) is 0 Å². The van der Waals surface area contributed by atoms with E-state index in [4.69, 9.17) is 0 Å². The van der Waals surface area contributed by atoms with Crippen molar-refractivity contribution < 1.29 is 9.59 Å². The first-order chi connectivity index (χ1) is 16.6. The van der Waals surface area contributed by atoms with Crippen LogP contribution >= 0.6 is 11.3 Å². The van der Waals surface area contributed by atoms with Gasteiger partial charge < -0.3 is 9.80 Å². The van der Waals surface area contributed by atoms with Crippen molar-refractivity contribution in [2.75, 3.05) is 39.3 Å². The Hall–Kier alpha value is -2.18. The first-order valence-electron chi connectivity index (χ1n) is 13.0. The average molecular weight is 482 g/mol. The summed E-state index contributed by atoms with van der Waals surface area (Å²) in [5.41, 5.74) is 2.60. The van der Waals surface area contributed by atoms with Crippen LogP contribution in [0.25, 0.3) is 0 Å². The zero-order valence-corrected chi connectivity index (χ0v) is 21.6. The number of benzene rings is 1. The molecule has 1 aromatic heterocycles. The highest BCUT2D eigenvalue weighted by Crippen LogP contribution is 2.37. The lowest BCUT2D eigenvalue weighted by Crippen LogP contribution is -2.45. The molecule has 5 nitrogen and oxygen atoms in total. The van der Waals surface area contributed by atoms with E-state index in [1.54, 1.807) is 0 Å². The van der Waals surface area contributed by atoms with Crippen LogP contribution in [0.1, 0.15) is 68.0 Å². The maximum absolute atomic E-state index is 13.4. The van der Waals surface area contributed by atoms with Gasteiger partial charge in [0.25, 0.3) is 0 Å². The monoisotopic (exact) mass is 481 g/mol. The smallest absolute Gasteiger partial charge is 0.236 e. The Morgan fingerprint density at radius 1 is 1.00 bits per heavy atom. The highest BCUT2D eigenvalue weighted by atomic mass is 32.1. The summed E-state index contributed by atoms with van der Waals surface area (Å²) in [7, 11) is 0. The molecule has 0 spiro atoms. The number of amides is 2. The molecule has 34 heavy (non-hydrogen) atoms. The van der Waals surface area contributed by atoms with Crippen LogP contribution in [-0.2, 0) is 16.0 Å². The van der Waals surface area contributed by atoms with Crippen molar-refractivity contribution in [3.8, 4) is 0 Å². The van der Waals surface area contributed by atoms with Gasteiger partial charge in [0, 0.05) is 43.5 Å². The topological polar surface area (TPSA) is 43.9 Å². The molecule has 0 aliphatic carbocycles. The number of hydrogen-bond acceptors (Lipinski definition) is 4. The number of hydrogen-bond donors (Lipinski definition) is 0. The summed E-state index contributed by atoms with van der Waals surface area (Å²) in [5, 5.41) is 2.18. The lowest BCUT2D eigenvalue weighted by atomic mass is 9.93. The minimum atomic E-state index is 0.127. The van der Waals surface area contributed by atoms with Gasteiger partial charge in [0.2, 0.25) is 11.8 Å². The lowest BCUT2D eigenvalue weighted by molar-refractivity contribution is -0.137. The van der Waals surface area contributed by atoms with Crippen LogP contribution in [0.4, 0.5) is 0 Å². The van der Waals surface area contributed by atoms with Gasteiger partial charge in [0.1, 0.15) is 0 Å². The number of nitrogens with zero attached hydrogens (tertiary/aromatic N) is 3. The highest BCUT2D eigenvalue weighted by molar-refractivity contribution is 7.10. The molecule has 0 radical (unpaired) electrons. The molecule has 6 heteroatoms. The molecule has 0 saturated carbocycles. The Labute approximate surface area is 208 Å². The first kappa shape index (κ1) is 24.9. The van der Waals surface area contributed by atoms with Crippen molar-refractivity contribution in [1.82, 2.24) is 14.7 Å². The van der Waals surface area contributed by atoms with Crippen molar-refractivity contribution in [3.05, 3.63) is 57.8 Å². The van der Waals surface area contributed by atoms with Gasteiger partial charge >= 0.3 is 0 Å². The molecule has 4 rings (SSSR count). The molecular weight excluding hydrogens is 442 g/mol. The van der Waals surface area contributed by atoms with Crippen molar-refractivity contribution >= 4 is 23.2 Å². The first-order valence-corrected chi connectivity index (χ1v) is 13.9. The van der Waals surface area contributed by atoms with Crippen LogP contribution in [0, 0.1) is 5.92 Å². The zero-order chi connectivity index (χ0) is 23.9. The molecule has 1 fully saturated rings. The summed E-state index contributed by atoms with van der Waals surface area (Å²) in [6, 6.07) is 12.9. The van der Waals surface area contributed by atoms with E-state index in [2.05, 4.69) is 54.5 Å². The summed E-state index contributed by atoms with van der Waals surface area (Å²) in [6.07, 6.45) is 5.97. The fraction of sp³-hybridized carbons (Fsp3) is 0.571. The van der Waals surface area contributed by atoms with Crippen LogP contribution in [0.3, 0.4) is 0 Å². The molecule has 0 N–H and O–H groups in total. The summed E-state index contributed by atoms with van der Waals surface area (Å²) in [6.45, 7) is 8.42. The second kappa shape index (κ2) is 12.0. The van der Waals surface area contributed by atoms with E-state index in [1.165, 1.54) is 16.0 Å². The average Bonchev–Trinajstić information content (AvgIpc) is 3.20. The molecule has 1 aromatic carbocycles. The number of rotatable bonds is 8. The van der Waals surface area contributed by atoms with E-state index in [-0.39, 0.29) is 23.8 Å². The van der Waals surface area contributed by atoms with Gasteiger partial charge in [-0.05, 0) is 48.3 Å². The molecule has 0 bridgehead atoms. The summed E-state index contributed by atoms with van der Waals surface area (Å²) < 4.78 is 0. The van der Waals surface area contributed by atoms with E-state index in [0.29, 0.717) is 19.6 Å². The molecule has 3 heterocycles. The SMILES string of the molecule is CCCC[C@H](CC)C(=O)N1CCCN(C(=O)CN2CCc3sccc3[C@@H]2c2ccccc2)CC1. The molecule has 2 atom stereocenters. The standard InChI is InChI=1S/C28H39N3O2S/c1-3-5-10-22(4-2)28(33)30-16-9-15-29(18-19-30)26(32)21-31-17-13-25-24(14-20-34-25)27(31)23-11-7-6-8-12-23/h6-8,11-12,14,20,22,27H,3-5,9-10,13,15-19,21H2,1-2H3/t22-,27-/m0/s1. The number of carbonyl (C=O) groups excluding carboxylic acids is 2. The summed E-state index contributed by atoms with van der Waals surface area (Å²) in [4.78, 5) is 34.3. The molecule has 2 amide bonds. The normalized spacial score (nSPS) is 20.0. The minimum absolute atomic E-state index is 0.127. The third kappa shape index (κ3) is 5.72.